The number of amides is 1. The highest BCUT2D eigenvalue weighted by atomic mass is 16.1. The maximum absolute atomic E-state index is 11.9. The number of rotatable bonds is 5. The number of fused-ring (bicyclic) bond motifs is 2. The van der Waals surface area contributed by atoms with Crippen LogP contribution in [0.25, 0.3) is 16.9 Å². The molecular formula is C27H30N8O. The van der Waals surface area contributed by atoms with E-state index in [0.29, 0.717) is 30.1 Å². The first-order valence-electron chi connectivity index (χ1n) is 12.5. The first-order valence-corrected chi connectivity index (χ1v) is 12.5. The molecule has 6 rings (SSSR count). The summed E-state index contributed by atoms with van der Waals surface area (Å²) in [5, 5.41) is 10.8. The van der Waals surface area contributed by atoms with Gasteiger partial charge in [0.25, 0.3) is 5.91 Å². The molecule has 1 atom stereocenters. The molecule has 2 N–H and O–H groups in total. The van der Waals surface area contributed by atoms with Gasteiger partial charge in [0, 0.05) is 60.8 Å². The monoisotopic (exact) mass is 482 g/mol. The molecule has 4 heterocycles. The van der Waals surface area contributed by atoms with Gasteiger partial charge in [0.05, 0.1) is 11.9 Å². The molecule has 9 heteroatoms. The van der Waals surface area contributed by atoms with Crippen molar-refractivity contribution >= 4 is 28.7 Å². The third kappa shape index (κ3) is 3.95. The van der Waals surface area contributed by atoms with Crippen LogP contribution >= 0.6 is 0 Å². The van der Waals surface area contributed by atoms with Crippen molar-refractivity contribution in [1.82, 2.24) is 29.8 Å². The third-order valence-electron chi connectivity index (χ3n) is 7.20. The number of nitrogens with one attached hydrogen (secondary N) is 2. The fraction of sp³-hybridized carbons (Fsp3) is 0.333. The predicted molar refractivity (Wildman–Crippen MR) is 141 cm³/mol. The molecule has 0 radical (unpaired) electrons. The summed E-state index contributed by atoms with van der Waals surface area (Å²) in [6.45, 7) is 10.5. The van der Waals surface area contributed by atoms with Gasteiger partial charge in [-0.05, 0) is 56.7 Å². The summed E-state index contributed by atoms with van der Waals surface area (Å²) >= 11 is 0. The highest BCUT2D eigenvalue weighted by molar-refractivity contribution is 5.98. The van der Waals surface area contributed by atoms with Crippen molar-refractivity contribution in [3.63, 3.8) is 0 Å². The first kappa shape index (κ1) is 22.5. The number of nitrogens with zero attached hydrogens (tertiary/aromatic N) is 6. The van der Waals surface area contributed by atoms with Gasteiger partial charge in [-0.3, -0.25) is 9.69 Å². The highest BCUT2D eigenvalue weighted by Gasteiger charge is 2.26. The lowest BCUT2D eigenvalue weighted by atomic mass is 10.0. The van der Waals surface area contributed by atoms with Crippen molar-refractivity contribution in [2.24, 2.45) is 0 Å². The van der Waals surface area contributed by atoms with Gasteiger partial charge in [0.15, 0.2) is 11.5 Å². The van der Waals surface area contributed by atoms with Gasteiger partial charge in [-0.1, -0.05) is 12.1 Å². The number of carbonyl (C=O) groups is 1. The zero-order valence-electron chi connectivity index (χ0n) is 20.8. The summed E-state index contributed by atoms with van der Waals surface area (Å²) < 4.78 is 1.79. The van der Waals surface area contributed by atoms with Crippen LogP contribution in [0.15, 0.2) is 55.0 Å². The largest absolute Gasteiger partial charge is 0.369 e. The van der Waals surface area contributed by atoms with Crippen LogP contribution in [0.2, 0.25) is 0 Å². The Morgan fingerprint density at radius 3 is 2.83 bits per heavy atom. The normalized spacial score (nSPS) is 18.1. The minimum absolute atomic E-state index is 0.0291. The lowest BCUT2D eigenvalue weighted by molar-refractivity contribution is 0.0965. The molecule has 0 aliphatic carbocycles. The van der Waals surface area contributed by atoms with Crippen LogP contribution in [-0.2, 0) is 6.54 Å². The fourth-order valence-electron chi connectivity index (χ4n) is 5.38. The quantitative estimate of drug-likeness (QED) is 0.448. The minimum atomic E-state index is -0.0291. The Morgan fingerprint density at radius 1 is 1.11 bits per heavy atom. The van der Waals surface area contributed by atoms with Crippen LogP contribution in [0.5, 0.6) is 0 Å². The SMILES string of the molecule is CC(C)N1CCN(c2cccc(Nc3ncc(-c4ccc5c(c4)CNC5=O)n4ncnc34)c2)CC1C. The Bertz CT molecular complexity index is 1440. The number of aromatic nitrogens is 4. The molecule has 1 amide bonds. The van der Waals surface area contributed by atoms with Crippen molar-refractivity contribution in [3.05, 3.63) is 66.1 Å². The van der Waals surface area contributed by atoms with E-state index < -0.39 is 0 Å². The van der Waals surface area contributed by atoms with Crippen molar-refractivity contribution < 1.29 is 4.79 Å². The number of hydrogen-bond acceptors (Lipinski definition) is 7. The average Bonchev–Trinajstić information content (AvgIpc) is 3.51. The summed E-state index contributed by atoms with van der Waals surface area (Å²) in [7, 11) is 0. The Hall–Kier alpha value is -3.98. The average molecular weight is 483 g/mol. The van der Waals surface area contributed by atoms with E-state index in [1.165, 1.54) is 12.0 Å². The van der Waals surface area contributed by atoms with Crippen LogP contribution in [0.3, 0.4) is 0 Å². The van der Waals surface area contributed by atoms with E-state index in [1.807, 2.05) is 24.3 Å². The Balaban J connectivity index is 1.26. The molecule has 2 aromatic carbocycles. The van der Waals surface area contributed by atoms with Gasteiger partial charge in [0.1, 0.15) is 6.33 Å². The van der Waals surface area contributed by atoms with E-state index in [1.54, 1.807) is 10.7 Å². The second-order valence-electron chi connectivity index (χ2n) is 9.84. The number of piperazine rings is 1. The molecular weight excluding hydrogens is 452 g/mol. The third-order valence-corrected chi connectivity index (χ3v) is 7.20. The zero-order chi connectivity index (χ0) is 24.8. The molecule has 1 unspecified atom stereocenters. The smallest absolute Gasteiger partial charge is 0.251 e. The second kappa shape index (κ2) is 8.91. The highest BCUT2D eigenvalue weighted by Crippen LogP contribution is 2.29. The molecule has 0 saturated carbocycles. The first-order chi connectivity index (χ1) is 17.5. The van der Waals surface area contributed by atoms with Crippen molar-refractivity contribution in [3.8, 4) is 11.3 Å². The molecule has 4 aromatic rings. The van der Waals surface area contributed by atoms with E-state index in [9.17, 15) is 4.79 Å². The summed E-state index contributed by atoms with van der Waals surface area (Å²) in [5.74, 6) is 0.614. The number of anilines is 3. The minimum Gasteiger partial charge on any atom is -0.369 e. The van der Waals surface area contributed by atoms with Crippen LogP contribution < -0.4 is 15.5 Å². The van der Waals surface area contributed by atoms with Gasteiger partial charge >= 0.3 is 0 Å². The van der Waals surface area contributed by atoms with Gasteiger partial charge in [-0.25, -0.2) is 14.5 Å². The molecule has 2 aliphatic rings. The molecule has 9 nitrogen and oxygen atoms in total. The van der Waals surface area contributed by atoms with E-state index in [2.05, 4.69) is 69.5 Å². The summed E-state index contributed by atoms with van der Waals surface area (Å²) in [6, 6.07) is 15.3. The molecule has 0 spiro atoms. The van der Waals surface area contributed by atoms with Gasteiger partial charge in [-0.15, -0.1) is 0 Å². The molecule has 36 heavy (non-hydrogen) atoms. The Labute approximate surface area is 210 Å². The van der Waals surface area contributed by atoms with Gasteiger partial charge < -0.3 is 15.5 Å². The van der Waals surface area contributed by atoms with Crippen LogP contribution in [0, 0.1) is 0 Å². The number of hydrogen-bond donors (Lipinski definition) is 2. The van der Waals surface area contributed by atoms with Crippen LogP contribution in [0.4, 0.5) is 17.2 Å². The standard InChI is InChI=1S/C27H30N8O/c1-17(2)34-10-9-33(15-18(34)3)22-6-4-5-21(12-22)32-25-26-30-16-31-35(26)24(14-28-25)19-7-8-23-20(11-19)13-29-27(23)36/h4-8,11-12,14,16-18H,9-10,13,15H2,1-3H3,(H,28,32)(H,29,36). The van der Waals surface area contributed by atoms with E-state index in [0.717, 1.165) is 47.7 Å². The zero-order valence-corrected chi connectivity index (χ0v) is 20.8. The summed E-state index contributed by atoms with van der Waals surface area (Å²) in [6.07, 6.45) is 3.34. The number of benzene rings is 2. The van der Waals surface area contributed by atoms with Crippen LogP contribution in [-0.4, -0.2) is 62.1 Å². The fourth-order valence-corrected chi connectivity index (χ4v) is 5.38. The lowest BCUT2D eigenvalue weighted by Gasteiger charge is -2.43. The molecule has 2 aliphatic heterocycles. The lowest BCUT2D eigenvalue weighted by Crippen LogP contribution is -2.54. The van der Waals surface area contributed by atoms with E-state index in [4.69, 9.17) is 4.98 Å². The summed E-state index contributed by atoms with van der Waals surface area (Å²) in [4.78, 5) is 26.1. The Morgan fingerprint density at radius 2 is 2.00 bits per heavy atom. The van der Waals surface area contributed by atoms with Gasteiger partial charge in [-0.2, -0.15) is 5.10 Å². The van der Waals surface area contributed by atoms with Crippen molar-refractivity contribution in [2.75, 3.05) is 29.9 Å². The topological polar surface area (TPSA) is 90.7 Å². The molecule has 184 valence electrons. The maximum atomic E-state index is 11.9. The van der Waals surface area contributed by atoms with E-state index in [-0.39, 0.29) is 5.91 Å². The number of carbonyl (C=O) groups excluding carboxylic acids is 1. The molecule has 1 fully saturated rings. The molecule has 1 saturated heterocycles. The van der Waals surface area contributed by atoms with Crippen molar-refractivity contribution in [2.45, 2.75) is 39.4 Å². The second-order valence-corrected chi connectivity index (χ2v) is 9.84. The maximum Gasteiger partial charge on any atom is 0.251 e. The van der Waals surface area contributed by atoms with Crippen LogP contribution in [0.1, 0.15) is 36.7 Å². The van der Waals surface area contributed by atoms with E-state index >= 15 is 0 Å². The summed E-state index contributed by atoms with van der Waals surface area (Å²) in [5.41, 5.74) is 6.27. The Kier molecular flexibility index (Phi) is 5.56. The van der Waals surface area contributed by atoms with Gasteiger partial charge in [0.2, 0.25) is 0 Å². The molecule has 2 aromatic heterocycles. The molecule has 0 bridgehead atoms. The predicted octanol–water partition coefficient (Wildman–Crippen LogP) is 3.70. The van der Waals surface area contributed by atoms with Crippen molar-refractivity contribution in [1.29, 1.82) is 0 Å².